The first kappa shape index (κ1) is 24.1. The molecular formula is C32H26O5. The highest BCUT2D eigenvalue weighted by Crippen LogP contribution is 2.28. The molecule has 5 nitrogen and oxygen atoms in total. The fourth-order valence-electron chi connectivity index (χ4n) is 3.97. The van der Waals surface area contributed by atoms with Gasteiger partial charge >= 0.3 is 5.97 Å². The molecule has 5 heteroatoms. The van der Waals surface area contributed by atoms with Crippen molar-refractivity contribution in [2.45, 2.75) is 26.2 Å². The molecule has 1 heterocycles. The van der Waals surface area contributed by atoms with Crippen LogP contribution in [0.2, 0.25) is 0 Å². The summed E-state index contributed by atoms with van der Waals surface area (Å²) in [6, 6.07) is 29.4. The van der Waals surface area contributed by atoms with Gasteiger partial charge in [-0.2, -0.15) is 0 Å². The SMILES string of the molecule is CC(C)(C)c1ccc(Oc2coc3cc(OC(=O)c4ccc(-c5ccccc5)cc4)ccc3c2=O)cc1. The molecule has 1 aromatic heterocycles. The molecular weight excluding hydrogens is 464 g/mol. The minimum atomic E-state index is -0.500. The molecule has 0 amide bonds. The van der Waals surface area contributed by atoms with E-state index in [1.165, 1.54) is 17.9 Å². The first-order valence-electron chi connectivity index (χ1n) is 12.0. The Labute approximate surface area is 214 Å². The lowest BCUT2D eigenvalue weighted by atomic mass is 9.87. The van der Waals surface area contributed by atoms with Gasteiger partial charge in [-0.15, -0.1) is 0 Å². The quantitative estimate of drug-likeness (QED) is 0.186. The molecule has 0 atom stereocenters. The Bertz CT molecular complexity index is 1610. The van der Waals surface area contributed by atoms with Crippen LogP contribution in [0.5, 0.6) is 17.2 Å². The van der Waals surface area contributed by atoms with Gasteiger partial charge in [0.05, 0.1) is 10.9 Å². The van der Waals surface area contributed by atoms with E-state index in [0.29, 0.717) is 22.3 Å². The Morgan fingerprint density at radius 1 is 0.757 bits per heavy atom. The molecule has 0 aliphatic rings. The highest BCUT2D eigenvalue weighted by molar-refractivity contribution is 5.92. The zero-order valence-corrected chi connectivity index (χ0v) is 20.9. The number of ether oxygens (including phenoxy) is 2. The molecule has 0 unspecified atom stereocenters. The molecule has 0 spiro atoms. The fraction of sp³-hybridized carbons (Fsp3) is 0.125. The molecule has 184 valence electrons. The zero-order chi connectivity index (χ0) is 26.0. The van der Waals surface area contributed by atoms with Gasteiger partial charge in [-0.25, -0.2) is 4.79 Å². The lowest BCUT2D eigenvalue weighted by molar-refractivity contribution is 0.0735. The van der Waals surface area contributed by atoms with Gasteiger partial charge in [-0.1, -0.05) is 75.4 Å². The molecule has 0 fully saturated rings. The second-order valence-electron chi connectivity index (χ2n) is 9.80. The highest BCUT2D eigenvalue weighted by Gasteiger charge is 2.15. The van der Waals surface area contributed by atoms with Crippen LogP contribution in [-0.2, 0) is 5.41 Å². The molecule has 5 aromatic rings. The fourth-order valence-corrected chi connectivity index (χ4v) is 3.97. The third-order valence-corrected chi connectivity index (χ3v) is 6.10. The van der Waals surface area contributed by atoms with Crippen LogP contribution in [-0.4, -0.2) is 5.97 Å². The molecule has 0 bridgehead atoms. The summed E-state index contributed by atoms with van der Waals surface area (Å²) in [6.45, 7) is 6.40. The van der Waals surface area contributed by atoms with E-state index in [1.807, 2.05) is 66.7 Å². The van der Waals surface area contributed by atoms with Crippen molar-refractivity contribution in [1.82, 2.24) is 0 Å². The maximum absolute atomic E-state index is 13.0. The summed E-state index contributed by atoms with van der Waals surface area (Å²) >= 11 is 0. The molecule has 0 aliphatic carbocycles. The van der Waals surface area contributed by atoms with Crippen LogP contribution in [0.4, 0.5) is 0 Å². The normalized spacial score (nSPS) is 11.3. The Morgan fingerprint density at radius 3 is 2.08 bits per heavy atom. The summed E-state index contributed by atoms with van der Waals surface area (Å²) < 4.78 is 17.0. The number of benzene rings is 4. The van der Waals surface area contributed by atoms with Gasteiger partial charge in [-0.05, 0) is 58.5 Å². The molecule has 5 rings (SSSR count). The summed E-state index contributed by atoms with van der Waals surface area (Å²) in [5.74, 6) is 0.405. The van der Waals surface area contributed by atoms with Gasteiger partial charge in [0.15, 0.2) is 0 Å². The predicted molar refractivity (Wildman–Crippen MR) is 145 cm³/mol. The third-order valence-electron chi connectivity index (χ3n) is 6.10. The topological polar surface area (TPSA) is 65.7 Å². The standard InChI is InChI=1S/C32H26O5/c1-32(2,3)24-13-15-25(16-14-24)36-29-20-35-28-19-26(17-18-27(28)30(29)33)37-31(34)23-11-9-22(10-12-23)21-7-5-4-6-8-21/h4-20H,1-3H3. The Kier molecular flexibility index (Phi) is 6.36. The maximum atomic E-state index is 13.0. The second kappa shape index (κ2) is 9.78. The molecule has 0 N–H and O–H groups in total. The van der Waals surface area contributed by atoms with E-state index in [0.717, 1.165) is 11.1 Å². The van der Waals surface area contributed by atoms with Gasteiger partial charge in [0.2, 0.25) is 11.2 Å². The van der Waals surface area contributed by atoms with Gasteiger partial charge in [0, 0.05) is 6.07 Å². The molecule has 0 aliphatic heterocycles. The number of fused-ring (bicyclic) bond motifs is 1. The first-order chi connectivity index (χ1) is 17.8. The Balaban J connectivity index is 1.31. The highest BCUT2D eigenvalue weighted by atomic mass is 16.5. The molecule has 0 saturated carbocycles. The number of hydrogen-bond acceptors (Lipinski definition) is 5. The second-order valence-corrected chi connectivity index (χ2v) is 9.80. The zero-order valence-electron chi connectivity index (χ0n) is 20.9. The number of rotatable bonds is 5. The predicted octanol–water partition coefficient (Wildman–Crippen LogP) is 7.77. The van der Waals surface area contributed by atoms with Crippen LogP contribution in [0.1, 0.15) is 36.7 Å². The van der Waals surface area contributed by atoms with Crippen LogP contribution >= 0.6 is 0 Å². The van der Waals surface area contributed by atoms with Crippen molar-refractivity contribution < 1.29 is 18.7 Å². The van der Waals surface area contributed by atoms with Gasteiger partial charge < -0.3 is 13.9 Å². The van der Waals surface area contributed by atoms with E-state index in [-0.39, 0.29) is 22.3 Å². The van der Waals surface area contributed by atoms with Crippen molar-refractivity contribution in [2.75, 3.05) is 0 Å². The van der Waals surface area contributed by atoms with E-state index in [4.69, 9.17) is 13.9 Å². The molecule has 37 heavy (non-hydrogen) atoms. The van der Waals surface area contributed by atoms with Crippen molar-refractivity contribution in [3.8, 4) is 28.4 Å². The van der Waals surface area contributed by atoms with Crippen molar-refractivity contribution in [2.24, 2.45) is 0 Å². The smallest absolute Gasteiger partial charge is 0.343 e. The average Bonchev–Trinajstić information content (AvgIpc) is 2.91. The summed E-state index contributed by atoms with van der Waals surface area (Å²) in [5.41, 5.74) is 3.67. The van der Waals surface area contributed by atoms with Crippen LogP contribution in [0.3, 0.4) is 0 Å². The summed E-state index contributed by atoms with van der Waals surface area (Å²) in [4.78, 5) is 25.6. The van der Waals surface area contributed by atoms with Crippen molar-refractivity contribution in [3.63, 3.8) is 0 Å². The van der Waals surface area contributed by atoms with Crippen molar-refractivity contribution in [3.05, 3.63) is 125 Å². The minimum absolute atomic E-state index is 0.0211. The van der Waals surface area contributed by atoms with E-state index in [9.17, 15) is 9.59 Å². The first-order valence-corrected chi connectivity index (χ1v) is 12.0. The van der Waals surface area contributed by atoms with Crippen LogP contribution in [0.25, 0.3) is 22.1 Å². The van der Waals surface area contributed by atoms with Gasteiger partial charge in [-0.3, -0.25) is 4.79 Å². The number of carbonyl (C=O) groups is 1. The average molecular weight is 491 g/mol. The van der Waals surface area contributed by atoms with Crippen LogP contribution < -0.4 is 14.9 Å². The summed E-state index contributed by atoms with van der Waals surface area (Å²) in [6.07, 6.45) is 1.27. The van der Waals surface area contributed by atoms with Gasteiger partial charge in [0.25, 0.3) is 0 Å². The number of carbonyl (C=O) groups excluding carboxylic acids is 1. The minimum Gasteiger partial charge on any atom is -0.460 e. The Hall–Kier alpha value is -4.64. The van der Waals surface area contributed by atoms with Crippen molar-refractivity contribution in [1.29, 1.82) is 0 Å². The maximum Gasteiger partial charge on any atom is 0.343 e. The molecule has 4 aromatic carbocycles. The van der Waals surface area contributed by atoms with Crippen LogP contribution in [0.15, 0.2) is 113 Å². The van der Waals surface area contributed by atoms with E-state index in [1.54, 1.807) is 24.3 Å². The van der Waals surface area contributed by atoms with Crippen LogP contribution in [0, 0.1) is 0 Å². The Morgan fingerprint density at radius 2 is 1.41 bits per heavy atom. The molecule has 0 saturated heterocycles. The molecule has 0 radical (unpaired) electrons. The van der Waals surface area contributed by atoms with Crippen molar-refractivity contribution >= 4 is 16.9 Å². The monoisotopic (exact) mass is 490 g/mol. The number of hydrogen-bond donors (Lipinski definition) is 0. The largest absolute Gasteiger partial charge is 0.460 e. The van der Waals surface area contributed by atoms with E-state index in [2.05, 4.69) is 20.8 Å². The lowest BCUT2D eigenvalue weighted by Gasteiger charge is -2.19. The number of esters is 1. The summed E-state index contributed by atoms with van der Waals surface area (Å²) in [7, 11) is 0. The van der Waals surface area contributed by atoms with E-state index < -0.39 is 5.97 Å². The summed E-state index contributed by atoms with van der Waals surface area (Å²) in [5, 5.41) is 0.329. The lowest BCUT2D eigenvalue weighted by Crippen LogP contribution is -2.10. The van der Waals surface area contributed by atoms with Gasteiger partial charge in [0.1, 0.15) is 23.3 Å². The van der Waals surface area contributed by atoms with E-state index >= 15 is 0 Å². The third kappa shape index (κ3) is 5.31.